The van der Waals surface area contributed by atoms with Gasteiger partial charge < -0.3 is 10.3 Å². The summed E-state index contributed by atoms with van der Waals surface area (Å²) in [5.41, 5.74) is 6.42. The second kappa shape index (κ2) is 4.80. The van der Waals surface area contributed by atoms with Crippen molar-refractivity contribution in [1.82, 2.24) is 10.1 Å². The van der Waals surface area contributed by atoms with Crippen molar-refractivity contribution in [3.63, 3.8) is 0 Å². The van der Waals surface area contributed by atoms with Gasteiger partial charge >= 0.3 is 0 Å². The molecule has 4 heteroatoms. The molecule has 0 amide bonds. The molecule has 0 saturated heterocycles. The lowest BCUT2D eigenvalue weighted by molar-refractivity contribution is -0.0103. The van der Waals surface area contributed by atoms with Crippen molar-refractivity contribution in [3.05, 3.63) is 11.7 Å². The van der Waals surface area contributed by atoms with Gasteiger partial charge in [0.1, 0.15) is 0 Å². The third-order valence-corrected chi connectivity index (χ3v) is 6.00. The van der Waals surface area contributed by atoms with E-state index in [1.165, 1.54) is 38.5 Å². The van der Waals surface area contributed by atoms with Gasteiger partial charge in [-0.05, 0) is 68.6 Å². The summed E-state index contributed by atoms with van der Waals surface area (Å²) in [6.45, 7) is 4.35. The SMILES string of the molecule is CC(C)C[C@H](N)c1nc(C23CC4CC(CC(C4)C2)C3)no1. The molecule has 4 aliphatic carbocycles. The molecule has 0 aromatic carbocycles. The second-order valence-electron chi connectivity index (χ2n) is 8.39. The number of hydrogen-bond donors (Lipinski definition) is 1. The van der Waals surface area contributed by atoms with E-state index in [-0.39, 0.29) is 11.5 Å². The Kier molecular flexibility index (Phi) is 3.14. The third-order valence-electron chi connectivity index (χ3n) is 6.00. The lowest BCUT2D eigenvalue weighted by Gasteiger charge is -2.55. The van der Waals surface area contributed by atoms with Crippen LogP contribution in [0.15, 0.2) is 4.52 Å². The summed E-state index contributed by atoms with van der Waals surface area (Å²) in [5, 5.41) is 4.37. The van der Waals surface area contributed by atoms with Gasteiger partial charge in [-0.2, -0.15) is 4.98 Å². The van der Waals surface area contributed by atoms with E-state index in [4.69, 9.17) is 15.2 Å². The average molecular weight is 289 g/mol. The van der Waals surface area contributed by atoms with E-state index in [1.807, 2.05) is 0 Å². The van der Waals surface area contributed by atoms with Crippen molar-refractivity contribution in [2.24, 2.45) is 29.4 Å². The lowest BCUT2D eigenvalue weighted by atomic mass is 9.49. The summed E-state index contributed by atoms with van der Waals surface area (Å²) in [4.78, 5) is 4.75. The predicted molar refractivity (Wildman–Crippen MR) is 80.5 cm³/mol. The fraction of sp³-hybridized carbons (Fsp3) is 0.882. The highest BCUT2D eigenvalue weighted by atomic mass is 16.5. The molecule has 0 radical (unpaired) electrons. The van der Waals surface area contributed by atoms with Crippen LogP contribution >= 0.6 is 0 Å². The Bertz CT molecular complexity index is 487. The Balaban J connectivity index is 1.58. The first-order valence-electron chi connectivity index (χ1n) is 8.64. The molecule has 0 spiro atoms. The van der Waals surface area contributed by atoms with Gasteiger partial charge in [-0.25, -0.2) is 0 Å². The largest absolute Gasteiger partial charge is 0.338 e. The molecule has 1 aromatic heterocycles. The number of hydrogen-bond acceptors (Lipinski definition) is 4. The van der Waals surface area contributed by atoms with E-state index in [1.54, 1.807) is 0 Å². The van der Waals surface area contributed by atoms with Gasteiger partial charge in [0.15, 0.2) is 5.82 Å². The highest BCUT2D eigenvalue weighted by Crippen LogP contribution is 2.60. The van der Waals surface area contributed by atoms with Gasteiger partial charge in [0.25, 0.3) is 0 Å². The van der Waals surface area contributed by atoms with Crippen molar-refractivity contribution < 1.29 is 4.52 Å². The molecule has 1 atom stereocenters. The van der Waals surface area contributed by atoms with Crippen molar-refractivity contribution in [3.8, 4) is 0 Å². The molecule has 0 unspecified atom stereocenters. The summed E-state index contributed by atoms with van der Waals surface area (Å²) in [7, 11) is 0. The molecule has 4 saturated carbocycles. The van der Waals surface area contributed by atoms with Gasteiger partial charge in [0.2, 0.25) is 5.89 Å². The molecule has 4 fully saturated rings. The number of rotatable bonds is 4. The third kappa shape index (κ3) is 2.32. The zero-order valence-electron chi connectivity index (χ0n) is 13.2. The molecular weight excluding hydrogens is 262 g/mol. The number of nitrogens with two attached hydrogens (primary N) is 1. The first-order valence-corrected chi connectivity index (χ1v) is 8.64. The maximum atomic E-state index is 6.20. The molecule has 116 valence electrons. The maximum absolute atomic E-state index is 6.20. The molecule has 4 nitrogen and oxygen atoms in total. The summed E-state index contributed by atoms with van der Waals surface area (Å²) >= 11 is 0. The van der Waals surface area contributed by atoms with Crippen LogP contribution in [-0.4, -0.2) is 10.1 Å². The fourth-order valence-corrected chi connectivity index (χ4v) is 5.59. The fourth-order valence-electron chi connectivity index (χ4n) is 5.59. The minimum Gasteiger partial charge on any atom is -0.338 e. The molecule has 5 rings (SSSR count). The minimum atomic E-state index is -0.111. The van der Waals surface area contributed by atoms with Crippen LogP contribution in [0.2, 0.25) is 0 Å². The minimum absolute atomic E-state index is 0.111. The summed E-state index contributed by atoms with van der Waals surface area (Å²) in [5.74, 6) is 4.88. The highest BCUT2D eigenvalue weighted by Gasteiger charge is 2.53. The molecule has 21 heavy (non-hydrogen) atoms. The van der Waals surface area contributed by atoms with Crippen molar-refractivity contribution in [2.45, 2.75) is 70.3 Å². The molecular formula is C17H27N3O. The molecule has 1 heterocycles. The van der Waals surface area contributed by atoms with Crippen LogP contribution in [0.3, 0.4) is 0 Å². The lowest BCUT2D eigenvalue weighted by Crippen LogP contribution is -2.49. The van der Waals surface area contributed by atoms with E-state index >= 15 is 0 Å². The zero-order chi connectivity index (χ0) is 14.6. The first-order chi connectivity index (χ1) is 10.0. The van der Waals surface area contributed by atoms with Crippen LogP contribution < -0.4 is 5.73 Å². The Morgan fingerprint density at radius 1 is 1.14 bits per heavy atom. The number of nitrogens with zero attached hydrogens (tertiary/aromatic N) is 2. The summed E-state index contributed by atoms with van der Waals surface area (Å²) < 4.78 is 5.53. The monoisotopic (exact) mass is 289 g/mol. The normalized spacial score (nSPS) is 39.1. The standard InChI is InChI=1S/C17H27N3O/c1-10(2)3-14(18)15-19-16(20-21-15)17-7-11-4-12(8-17)6-13(5-11)9-17/h10-14H,3-9,18H2,1-2H3/t11?,12?,13?,14-,17?/m0/s1. The van der Waals surface area contributed by atoms with Gasteiger partial charge in [0, 0.05) is 5.41 Å². The van der Waals surface area contributed by atoms with Crippen LogP contribution in [0.1, 0.15) is 76.6 Å². The highest BCUT2D eigenvalue weighted by molar-refractivity contribution is 5.16. The average Bonchev–Trinajstić information content (AvgIpc) is 2.86. The van der Waals surface area contributed by atoms with Gasteiger partial charge in [0.05, 0.1) is 6.04 Å². The smallest absolute Gasteiger partial charge is 0.243 e. The first kappa shape index (κ1) is 13.7. The molecule has 2 N–H and O–H groups in total. The van der Waals surface area contributed by atoms with Gasteiger partial charge in [-0.3, -0.25) is 0 Å². The predicted octanol–water partition coefficient (Wildman–Crippen LogP) is 3.58. The second-order valence-corrected chi connectivity index (χ2v) is 8.39. The Hall–Kier alpha value is -0.900. The summed E-state index contributed by atoms with van der Waals surface area (Å²) in [6, 6.07) is -0.111. The molecule has 4 bridgehead atoms. The van der Waals surface area contributed by atoms with E-state index in [2.05, 4.69) is 19.0 Å². The van der Waals surface area contributed by atoms with E-state index in [0.717, 1.165) is 30.0 Å². The molecule has 0 aliphatic heterocycles. The van der Waals surface area contributed by atoms with Crippen LogP contribution in [-0.2, 0) is 5.41 Å². The van der Waals surface area contributed by atoms with Crippen LogP contribution in [0.4, 0.5) is 0 Å². The van der Waals surface area contributed by atoms with Crippen molar-refractivity contribution in [1.29, 1.82) is 0 Å². The Morgan fingerprint density at radius 2 is 1.71 bits per heavy atom. The Labute approximate surface area is 126 Å². The van der Waals surface area contributed by atoms with Gasteiger partial charge in [-0.1, -0.05) is 19.0 Å². The van der Waals surface area contributed by atoms with E-state index in [0.29, 0.717) is 11.8 Å². The van der Waals surface area contributed by atoms with Crippen molar-refractivity contribution >= 4 is 0 Å². The van der Waals surface area contributed by atoms with Crippen molar-refractivity contribution in [2.75, 3.05) is 0 Å². The zero-order valence-corrected chi connectivity index (χ0v) is 13.2. The van der Waals surface area contributed by atoms with Crippen LogP contribution in [0.5, 0.6) is 0 Å². The van der Waals surface area contributed by atoms with Crippen LogP contribution in [0.25, 0.3) is 0 Å². The topological polar surface area (TPSA) is 64.9 Å². The maximum Gasteiger partial charge on any atom is 0.243 e. The quantitative estimate of drug-likeness (QED) is 0.920. The molecule has 1 aromatic rings. The van der Waals surface area contributed by atoms with Gasteiger partial charge in [-0.15, -0.1) is 0 Å². The van der Waals surface area contributed by atoms with E-state index < -0.39 is 0 Å². The number of aromatic nitrogens is 2. The molecule has 4 aliphatic rings. The van der Waals surface area contributed by atoms with E-state index in [9.17, 15) is 0 Å². The Morgan fingerprint density at radius 3 is 2.24 bits per heavy atom. The summed E-state index contributed by atoms with van der Waals surface area (Å²) in [6.07, 6.45) is 9.05. The van der Waals surface area contributed by atoms with Crippen LogP contribution in [0, 0.1) is 23.7 Å².